The minimum atomic E-state index is 0.395. The fourth-order valence-corrected chi connectivity index (χ4v) is 3.30. The summed E-state index contributed by atoms with van der Waals surface area (Å²) in [4.78, 5) is 2.64. The van der Waals surface area contributed by atoms with Gasteiger partial charge in [-0.1, -0.05) is 41.5 Å². The van der Waals surface area contributed by atoms with E-state index in [1.165, 1.54) is 38.6 Å². The topological polar surface area (TPSA) is 15.3 Å². The van der Waals surface area contributed by atoms with Gasteiger partial charge in [-0.15, -0.1) is 0 Å². The van der Waals surface area contributed by atoms with Crippen LogP contribution in [0.4, 0.5) is 0 Å². The lowest BCUT2D eigenvalue weighted by atomic mass is 9.75. The van der Waals surface area contributed by atoms with Crippen molar-refractivity contribution in [1.29, 1.82) is 0 Å². The Kier molecular flexibility index (Phi) is 6.53. The fourth-order valence-electron chi connectivity index (χ4n) is 3.30. The Labute approximate surface area is 127 Å². The van der Waals surface area contributed by atoms with Crippen LogP contribution in [0.1, 0.15) is 73.6 Å². The molecule has 1 saturated carbocycles. The molecule has 1 fully saturated rings. The maximum absolute atomic E-state index is 3.63. The van der Waals surface area contributed by atoms with Crippen LogP contribution in [-0.4, -0.2) is 37.1 Å². The maximum atomic E-state index is 3.63. The van der Waals surface area contributed by atoms with E-state index in [0.717, 1.165) is 12.6 Å². The van der Waals surface area contributed by atoms with Gasteiger partial charge in [0.15, 0.2) is 0 Å². The summed E-state index contributed by atoms with van der Waals surface area (Å²) in [6.45, 7) is 16.4. The van der Waals surface area contributed by atoms with Crippen molar-refractivity contribution in [1.82, 2.24) is 10.2 Å². The zero-order valence-electron chi connectivity index (χ0n) is 15.1. The van der Waals surface area contributed by atoms with Crippen LogP contribution in [0.15, 0.2) is 0 Å². The molecule has 2 heteroatoms. The summed E-state index contributed by atoms with van der Waals surface area (Å²) in [7, 11) is 2.34. The van der Waals surface area contributed by atoms with E-state index in [9.17, 15) is 0 Å². The van der Waals surface area contributed by atoms with Gasteiger partial charge in [0.05, 0.1) is 0 Å². The minimum absolute atomic E-state index is 0.395. The molecule has 1 atom stereocenters. The van der Waals surface area contributed by atoms with Crippen molar-refractivity contribution < 1.29 is 0 Å². The molecular formula is C18H38N2. The first kappa shape index (κ1) is 18.0. The molecule has 0 aromatic rings. The lowest BCUT2D eigenvalue weighted by Gasteiger charge is -2.42. The fraction of sp³-hybridized carbons (Fsp3) is 1.00. The van der Waals surface area contributed by atoms with Crippen LogP contribution in [0.2, 0.25) is 0 Å². The molecule has 0 aliphatic heterocycles. The molecule has 1 aliphatic rings. The van der Waals surface area contributed by atoms with Crippen LogP contribution in [0.25, 0.3) is 0 Å². The SMILES string of the molecule is CCC(C)(CNC(C)C)CN(C)C1CCC(C)(C)CC1. The highest BCUT2D eigenvalue weighted by Crippen LogP contribution is 2.37. The van der Waals surface area contributed by atoms with Gasteiger partial charge >= 0.3 is 0 Å². The summed E-state index contributed by atoms with van der Waals surface area (Å²) in [6.07, 6.45) is 6.77. The highest BCUT2D eigenvalue weighted by Gasteiger charge is 2.32. The predicted molar refractivity (Wildman–Crippen MR) is 90.2 cm³/mol. The average molecular weight is 283 g/mol. The quantitative estimate of drug-likeness (QED) is 0.749. The molecule has 20 heavy (non-hydrogen) atoms. The Morgan fingerprint density at radius 2 is 1.80 bits per heavy atom. The van der Waals surface area contributed by atoms with Crippen molar-refractivity contribution in [3.05, 3.63) is 0 Å². The van der Waals surface area contributed by atoms with Gasteiger partial charge in [-0.05, 0) is 50.0 Å². The summed E-state index contributed by atoms with van der Waals surface area (Å²) in [5.74, 6) is 0. The summed E-state index contributed by atoms with van der Waals surface area (Å²) in [5, 5.41) is 3.63. The van der Waals surface area contributed by atoms with Crippen molar-refractivity contribution in [2.75, 3.05) is 20.1 Å². The molecule has 0 saturated heterocycles. The summed E-state index contributed by atoms with van der Waals surface area (Å²) in [6, 6.07) is 1.38. The second-order valence-electron chi connectivity index (χ2n) is 8.51. The van der Waals surface area contributed by atoms with Crippen LogP contribution in [-0.2, 0) is 0 Å². The molecule has 0 radical (unpaired) electrons. The maximum Gasteiger partial charge on any atom is 0.00928 e. The lowest BCUT2D eigenvalue weighted by molar-refractivity contribution is 0.0863. The van der Waals surface area contributed by atoms with E-state index in [1.54, 1.807) is 0 Å². The standard InChI is InChI=1S/C18H38N2/c1-8-18(6,13-19-15(2)3)14-20(7)16-9-11-17(4,5)12-10-16/h15-16,19H,8-14H2,1-7H3. The van der Waals surface area contributed by atoms with Gasteiger partial charge in [0.1, 0.15) is 0 Å². The molecule has 1 unspecified atom stereocenters. The third kappa shape index (κ3) is 5.73. The number of hydrogen-bond acceptors (Lipinski definition) is 2. The van der Waals surface area contributed by atoms with Gasteiger partial charge in [-0.2, -0.15) is 0 Å². The zero-order valence-corrected chi connectivity index (χ0v) is 15.1. The number of rotatable bonds is 7. The van der Waals surface area contributed by atoms with Gasteiger partial charge < -0.3 is 10.2 Å². The molecule has 120 valence electrons. The van der Waals surface area contributed by atoms with Crippen molar-refractivity contribution >= 4 is 0 Å². The van der Waals surface area contributed by atoms with E-state index < -0.39 is 0 Å². The Morgan fingerprint density at radius 1 is 1.25 bits per heavy atom. The van der Waals surface area contributed by atoms with E-state index in [-0.39, 0.29) is 0 Å². The molecule has 0 aromatic heterocycles. The van der Waals surface area contributed by atoms with Crippen LogP contribution in [0.3, 0.4) is 0 Å². The average Bonchev–Trinajstić information content (AvgIpc) is 2.36. The predicted octanol–water partition coefficient (Wildman–Crippen LogP) is 4.30. The number of hydrogen-bond donors (Lipinski definition) is 1. The Hall–Kier alpha value is -0.0800. The molecule has 0 bridgehead atoms. The highest BCUT2D eigenvalue weighted by atomic mass is 15.1. The normalized spacial score (nSPS) is 23.2. The minimum Gasteiger partial charge on any atom is -0.314 e. The van der Waals surface area contributed by atoms with Gasteiger partial charge in [-0.3, -0.25) is 0 Å². The van der Waals surface area contributed by atoms with E-state index in [2.05, 4.69) is 58.8 Å². The van der Waals surface area contributed by atoms with Gasteiger partial charge in [0, 0.05) is 25.2 Å². The van der Waals surface area contributed by atoms with Crippen molar-refractivity contribution in [2.45, 2.75) is 85.7 Å². The van der Waals surface area contributed by atoms with Gasteiger partial charge in [0.25, 0.3) is 0 Å². The molecule has 0 aromatic carbocycles. The highest BCUT2D eigenvalue weighted by molar-refractivity contribution is 4.86. The van der Waals surface area contributed by atoms with Crippen molar-refractivity contribution in [2.24, 2.45) is 10.8 Å². The number of nitrogens with one attached hydrogen (secondary N) is 1. The summed E-state index contributed by atoms with van der Waals surface area (Å²) < 4.78 is 0. The third-order valence-electron chi connectivity index (χ3n) is 5.35. The summed E-state index contributed by atoms with van der Waals surface area (Å²) in [5.41, 5.74) is 0.969. The van der Waals surface area contributed by atoms with Crippen LogP contribution in [0, 0.1) is 10.8 Å². The van der Waals surface area contributed by atoms with Gasteiger partial charge in [0.2, 0.25) is 0 Å². The molecule has 2 nitrogen and oxygen atoms in total. The first-order chi connectivity index (χ1) is 9.17. The zero-order chi connectivity index (χ0) is 15.4. The van der Waals surface area contributed by atoms with Crippen molar-refractivity contribution in [3.8, 4) is 0 Å². The monoisotopic (exact) mass is 282 g/mol. The smallest absolute Gasteiger partial charge is 0.00928 e. The van der Waals surface area contributed by atoms with E-state index in [0.29, 0.717) is 16.9 Å². The summed E-state index contributed by atoms with van der Waals surface area (Å²) >= 11 is 0. The van der Waals surface area contributed by atoms with Crippen molar-refractivity contribution in [3.63, 3.8) is 0 Å². The second kappa shape index (κ2) is 7.26. The molecule has 0 spiro atoms. The molecular weight excluding hydrogens is 244 g/mol. The van der Waals surface area contributed by atoms with Crippen LogP contribution in [0.5, 0.6) is 0 Å². The first-order valence-electron chi connectivity index (χ1n) is 8.61. The molecule has 0 amide bonds. The lowest BCUT2D eigenvalue weighted by Crippen LogP contribution is -2.46. The Balaban J connectivity index is 2.48. The van der Waals surface area contributed by atoms with E-state index >= 15 is 0 Å². The van der Waals surface area contributed by atoms with E-state index in [4.69, 9.17) is 0 Å². The van der Waals surface area contributed by atoms with Crippen LogP contribution >= 0.6 is 0 Å². The molecule has 1 aliphatic carbocycles. The van der Waals surface area contributed by atoms with Gasteiger partial charge in [-0.25, -0.2) is 0 Å². The number of nitrogens with zero attached hydrogens (tertiary/aromatic N) is 1. The third-order valence-corrected chi connectivity index (χ3v) is 5.35. The van der Waals surface area contributed by atoms with E-state index in [1.807, 2.05) is 0 Å². The largest absolute Gasteiger partial charge is 0.314 e. The Morgan fingerprint density at radius 3 is 2.25 bits per heavy atom. The molecule has 1 N–H and O–H groups in total. The second-order valence-corrected chi connectivity index (χ2v) is 8.51. The van der Waals surface area contributed by atoms with Crippen LogP contribution < -0.4 is 5.32 Å². The molecule has 1 rings (SSSR count). The Bertz CT molecular complexity index is 275. The first-order valence-corrected chi connectivity index (χ1v) is 8.61. The molecule has 0 heterocycles.